The maximum atomic E-state index is 14.1. The zero-order valence-corrected chi connectivity index (χ0v) is 54.7. The molecule has 3 aliphatic rings. The van der Waals surface area contributed by atoms with Crippen molar-refractivity contribution in [1.82, 2.24) is 19.4 Å². The molecule has 4 heterocycles. The first-order valence-corrected chi connectivity index (χ1v) is 30.7. The zero-order valence-electron chi connectivity index (χ0n) is 54.7. The van der Waals surface area contributed by atoms with Gasteiger partial charge in [-0.3, -0.25) is 4.99 Å². The molecule has 0 aliphatic carbocycles. The number of benzene rings is 1. The van der Waals surface area contributed by atoms with E-state index in [2.05, 4.69) is 155 Å². The maximum Gasteiger partial charge on any atom is 0.156 e. The molecule has 0 radical (unpaired) electrons. The first-order valence-electron chi connectivity index (χ1n) is 30.7. The molecule has 1 aromatic carbocycles. The first kappa shape index (κ1) is 76.0. The summed E-state index contributed by atoms with van der Waals surface area (Å²) in [4.78, 5) is 13.3. The van der Waals surface area contributed by atoms with Crippen LogP contribution in [0.4, 0.5) is 4.39 Å². The van der Waals surface area contributed by atoms with Crippen molar-refractivity contribution in [2.24, 2.45) is 74.4 Å². The molecular formula is C66H124FN7O3. The Labute approximate surface area is 476 Å². The van der Waals surface area contributed by atoms with Crippen LogP contribution in [0.15, 0.2) is 76.1 Å². The molecule has 2 aromatic rings. The number of azo groups is 1. The molecule has 8 unspecified atom stereocenters. The van der Waals surface area contributed by atoms with Crippen LogP contribution < -0.4 is 0 Å². The van der Waals surface area contributed by atoms with Gasteiger partial charge in [0.25, 0.3) is 0 Å². The van der Waals surface area contributed by atoms with Gasteiger partial charge in [-0.25, -0.2) is 9.37 Å². The number of aliphatic hydroxyl groups is 1. The summed E-state index contributed by atoms with van der Waals surface area (Å²) >= 11 is 0. The van der Waals surface area contributed by atoms with Crippen LogP contribution in [0.25, 0.3) is 5.69 Å². The summed E-state index contributed by atoms with van der Waals surface area (Å²) in [5, 5.41) is 17.5. The van der Waals surface area contributed by atoms with Crippen molar-refractivity contribution in [3.8, 4) is 5.69 Å². The van der Waals surface area contributed by atoms with Crippen molar-refractivity contribution < 1.29 is 19.0 Å². The van der Waals surface area contributed by atoms with Gasteiger partial charge in [0.1, 0.15) is 5.82 Å². The van der Waals surface area contributed by atoms with Gasteiger partial charge in [-0.1, -0.05) is 168 Å². The number of aromatic nitrogens is 2. The molecule has 3 aliphatic heterocycles. The van der Waals surface area contributed by atoms with Crippen LogP contribution in [0.3, 0.4) is 0 Å². The summed E-state index contributed by atoms with van der Waals surface area (Å²) in [6.45, 7) is 54.1. The predicted molar refractivity (Wildman–Crippen MR) is 333 cm³/mol. The van der Waals surface area contributed by atoms with E-state index in [0.717, 1.165) is 85.3 Å². The van der Waals surface area contributed by atoms with Crippen molar-refractivity contribution >= 4 is 5.71 Å². The minimum Gasteiger partial charge on any atom is -0.381 e. The van der Waals surface area contributed by atoms with Gasteiger partial charge in [0.2, 0.25) is 0 Å². The largest absolute Gasteiger partial charge is 0.381 e. The Morgan fingerprint density at radius 1 is 0.948 bits per heavy atom. The summed E-state index contributed by atoms with van der Waals surface area (Å²) < 4.78 is 27.1. The number of ether oxygens (including phenoxy) is 2. The number of rotatable bonds is 12. The van der Waals surface area contributed by atoms with Gasteiger partial charge in [0.05, 0.1) is 29.9 Å². The molecule has 10 nitrogen and oxygen atoms in total. The van der Waals surface area contributed by atoms with Crippen molar-refractivity contribution in [3.63, 3.8) is 0 Å². The van der Waals surface area contributed by atoms with Crippen molar-refractivity contribution in [3.05, 3.63) is 72.2 Å². The van der Waals surface area contributed by atoms with E-state index in [0.29, 0.717) is 53.8 Å². The lowest BCUT2D eigenvalue weighted by molar-refractivity contribution is -0.173. The number of imidazole rings is 1. The van der Waals surface area contributed by atoms with Crippen LogP contribution >= 0.6 is 0 Å². The molecular weight excluding hydrogens is 958 g/mol. The lowest BCUT2D eigenvalue weighted by Crippen LogP contribution is -2.43. The van der Waals surface area contributed by atoms with Gasteiger partial charge in [-0.15, -0.1) is 0 Å². The van der Waals surface area contributed by atoms with Crippen LogP contribution in [-0.2, 0) is 9.47 Å². The minimum atomic E-state index is -0.627. The van der Waals surface area contributed by atoms with Gasteiger partial charge in [-0.05, 0) is 132 Å². The van der Waals surface area contributed by atoms with E-state index in [9.17, 15) is 9.50 Å². The topological polar surface area (TPSA) is 100 Å². The Hall–Kier alpha value is -3.09. The summed E-state index contributed by atoms with van der Waals surface area (Å²) in [6.07, 6.45) is 16.5. The normalized spacial score (nSPS) is 28.0. The number of aliphatic imine (C=N–C) groups is 1. The van der Waals surface area contributed by atoms with E-state index in [1.54, 1.807) is 42.5 Å². The van der Waals surface area contributed by atoms with Crippen LogP contribution in [0.2, 0.25) is 0 Å². The lowest BCUT2D eigenvalue weighted by Gasteiger charge is -2.38. The highest BCUT2D eigenvalue weighted by Crippen LogP contribution is 2.36. The SMILES string of the molecule is C/C=C(/CCN(C)C1CC(C)OC(O)C1)N=NC.C=C1C(C)[C@@H](OC)[C@H](C)C[C@@H](C)C[C@@H](C)CN(C)C(C)C(C)[C@H]1C.CC.CC.CCC.CCC(C)[C@@H](C)C(C)C.CCC1CN=C(c2ccc(-n3ccnc3)c(F)c2)C1. The van der Waals surface area contributed by atoms with E-state index in [-0.39, 0.29) is 18.0 Å². The second-order valence-electron chi connectivity index (χ2n) is 23.0. The third-order valence-electron chi connectivity index (χ3n) is 16.5. The smallest absolute Gasteiger partial charge is 0.156 e. The molecule has 2 saturated heterocycles. The standard InChI is InChI=1S/C22H43NO.C15H16FN3.C13H25N3O2.C9H20.C3H8.2C2H6/c1-14-11-15(2)13-23(9)21(8)19(6)17(4)18(5)20(7)22(24-10)16(3)12-14;1-2-11-7-14(18-9-11)12-3-4-15(13(16)8-12)19-6-5-17-10-19;1-5-11(15-14-3)6-7-16(4)12-8-10(2)18-13(17)9-12;1-6-8(4)9(5)7(2)3;1-3-2;2*1-2/h14-17,19-22H,5,11-13H2,1-4,6-10H3;3-6,8,10-11H,2,7,9H2,1H3;5,10,12-13,17H,6-9H2,1-4H3;7-9H,6H2,1-5H3;3H2,1-2H3;2*1-2H3/b;;11-5-,15-14?;;;;/t14-,15+,16+,17-,19?,20?,21?,22-;;;8?,9-;;;/m0..0.../s1. The molecule has 0 saturated carbocycles. The van der Waals surface area contributed by atoms with E-state index < -0.39 is 6.29 Å². The van der Waals surface area contributed by atoms with Gasteiger partial charge in [-0.2, -0.15) is 10.2 Å². The molecule has 1 aromatic heterocycles. The fraction of sp³-hybridized carbons (Fsp3) is 0.788. The summed E-state index contributed by atoms with van der Waals surface area (Å²) in [5.41, 5.74) is 4.82. The van der Waals surface area contributed by atoms with E-state index in [1.165, 1.54) is 37.8 Å². The third kappa shape index (κ3) is 28.3. The number of aliphatic hydroxyl groups excluding tert-OH is 1. The first-order chi connectivity index (χ1) is 36.4. The highest BCUT2D eigenvalue weighted by molar-refractivity contribution is 6.01. The number of allylic oxidation sites excluding steroid dienone is 1. The number of methoxy groups -OCH3 is 1. The Kier molecular flexibility index (Phi) is 42.2. The fourth-order valence-corrected chi connectivity index (χ4v) is 10.8. The molecule has 0 spiro atoms. The molecule has 448 valence electrons. The second-order valence-corrected chi connectivity index (χ2v) is 23.0. The molecule has 5 rings (SSSR count). The molecule has 0 bridgehead atoms. The van der Waals surface area contributed by atoms with Gasteiger partial charge in [0.15, 0.2) is 6.29 Å². The Morgan fingerprint density at radius 3 is 2.04 bits per heavy atom. The highest BCUT2D eigenvalue weighted by atomic mass is 19.1. The van der Waals surface area contributed by atoms with Crippen LogP contribution in [0.5, 0.6) is 0 Å². The minimum absolute atomic E-state index is 0.123. The number of hydrogen-bond donors (Lipinski definition) is 1. The van der Waals surface area contributed by atoms with Gasteiger partial charge >= 0.3 is 0 Å². The lowest BCUT2D eigenvalue weighted by atomic mass is 9.75. The quantitative estimate of drug-likeness (QED) is 0.168. The monoisotopic (exact) mass is 1080 g/mol. The predicted octanol–water partition coefficient (Wildman–Crippen LogP) is 17.7. The second kappa shape index (κ2) is 42.8. The molecule has 2 fully saturated rings. The van der Waals surface area contributed by atoms with Crippen LogP contribution in [-0.4, -0.2) is 109 Å². The Morgan fingerprint density at radius 2 is 1.57 bits per heavy atom. The number of nitrogens with zero attached hydrogens (tertiary/aromatic N) is 7. The molecule has 11 heteroatoms. The average Bonchev–Trinajstić information content (AvgIpc) is 4.14. The number of hydrogen-bond acceptors (Lipinski definition) is 9. The Bertz CT molecular complexity index is 1860. The summed E-state index contributed by atoms with van der Waals surface area (Å²) in [5.74, 6) is 6.58. The van der Waals surface area contributed by atoms with Crippen molar-refractivity contribution in [2.45, 2.75) is 234 Å². The van der Waals surface area contributed by atoms with E-state index >= 15 is 0 Å². The molecule has 77 heavy (non-hydrogen) atoms. The molecule has 1 N–H and O–H groups in total. The van der Waals surface area contributed by atoms with Crippen molar-refractivity contribution in [2.75, 3.05) is 47.9 Å². The van der Waals surface area contributed by atoms with Crippen molar-refractivity contribution in [1.29, 1.82) is 0 Å². The van der Waals surface area contributed by atoms with Gasteiger partial charge < -0.3 is 28.9 Å². The van der Waals surface area contributed by atoms with E-state index in [1.807, 2.05) is 60.8 Å². The average molecular weight is 1080 g/mol. The van der Waals surface area contributed by atoms with Crippen LogP contribution in [0, 0.1) is 65.0 Å². The third-order valence-corrected chi connectivity index (χ3v) is 16.5. The molecule has 0 amide bonds. The number of halogens is 1. The Balaban J connectivity index is 0. The van der Waals surface area contributed by atoms with Gasteiger partial charge in [0, 0.05) is 82.7 Å². The maximum absolute atomic E-state index is 14.1. The zero-order chi connectivity index (χ0) is 59.5. The molecule has 14 atom stereocenters. The summed E-state index contributed by atoms with van der Waals surface area (Å²) in [7, 11) is 7.94. The van der Waals surface area contributed by atoms with E-state index in [4.69, 9.17) is 9.47 Å². The summed E-state index contributed by atoms with van der Waals surface area (Å²) in [6, 6.07) is 6.25. The fourth-order valence-electron chi connectivity index (χ4n) is 10.8. The highest BCUT2D eigenvalue weighted by Gasteiger charge is 2.34. The van der Waals surface area contributed by atoms with Crippen LogP contribution in [0.1, 0.15) is 209 Å².